The van der Waals surface area contributed by atoms with E-state index >= 15 is 0 Å². The first-order chi connectivity index (χ1) is 11.1. The highest BCUT2D eigenvalue weighted by molar-refractivity contribution is 6.04. The zero-order valence-corrected chi connectivity index (χ0v) is 13.5. The third-order valence-corrected chi connectivity index (χ3v) is 3.32. The van der Waals surface area contributed by atoms with Crippen LogP contribution in [0.1, 0.15) is 22.8 Å². The van der Waals surface area contributed by atoms with Crippen LogP contribution >= 0.6 is 0 Å². The maximum atomic E-state index is 12.3. The van der Waals surface area contributed by atoms with E-state index in [0.717, 1.165) is 11.3 Å². The summed E-state index contributed by atoms with van der Waals surface area (Å²) < 4.78 is 10.7. The fourth-order valence-corrected chi connectivity index (χ4v) is 2.09. The van der Waals surface area contributed by atoms with Crippen LogP contribution in [0.3, 0.4) is 0 Å². The summed E-state index contributed by atoms with van der Waals surface area (Å²) >= 11 is 0. The Morgan fingerprint density at radius 2 is 1.87 bits per heavy atom. The smallest absolute Gasteiger partial charge is 0.255 e. The minimum atomic E-state index is -0.168. The summed E-state index contributed by atoms with van der Waals surface area (Å²) in [4.78, 5) is 12.3. The number of rotatable bonds is 7. The molecule has 0 atom stereocenters. The van der Waals surface area contributed by atoms with Gasteiger partial charge in [-0.15, -0.1) is 0 Å². The maximum absolute atomic E-state index is 12.3. The van der Waals surface area contributed by atoms with E-state index in [0.29, 0.717) is 36.8 Å². The molecule has 0 fully saturated rings. The van der Waals surface area contributed by atoms with Gasteiger partial charge in [-0.05, 0) is 61.9 Å². The van der Waals surface area contributed by atoms with E-state index in [2.05, 4.69) is 5.32 Å². The third-order valence-electron chi connectivity index (χ3n) is 3.32. The van der Waals surface area contributed by atoms with Crippen molar-refractivity contribution in [1.29, 1.82) is 0 Å². The van der Waals surface area contributed by atoms with Crippen LogP contribution in [0.4, 0.5) is 11.4 Å². The molecule has 0 bridgehead atoms. The van der Waals surface area contributed by atoms with Crippen molar-refractivity contribution in [2.75, 3.05) is 30.9 Å². The van der Waals surface area contributed by atoms with Crippen LogP contribution in [-0.2, 0) is 4.74 Å². The molecular weight excluding hydrogens is 292 g/mol. The van der Waals surface area contributed by atoms with Gasteiger partial charge in [0.1, 0.15) is 12.4 Å². The van der Waals surface area contributed by atoms with Gasteiger partial charge in [-0.2, -0.15) is 0 Å². The molecule has 0 aliphatic heterocycles. The van der Waals surface area contributed by atoms with Crippen LogP contribution < -0.4 is 15.8 Å². The van der Waals surface area contributed by atoms with Gasteiger partial charge in [-0.3, -0.25) is 4.79 Å². The molecule has 0 heterocycles. The minimum Gasteiger partial charge on any atom is -0.491 e. The van der Waals surface area contributed by atoms with Crippen molar-refractivity contribution >= 4 is 17.3 Å². The second-order valence-electron chi connectivity index (χ2n) is 5.10. The molecular formula is C18H22N2O3. The van der Waals surface area contributed by atoms with Crippen LogP contribution in [0.5, 0.6) is 5.75 Å². The lowest BCUT2D eigenvalue weighted by molar-refractivity contribution is 0.102. The standard InChI is InChI=1S/C18H22N2O3/c1-3-22-10-11-23-16-7-4-14(5-8-16)18(21)20-17-9-6-15(19)12-13(17)2/h4-9,12H,3,10-11,19H2,1-2H3,(H,20,21). The van der Waals surface area contributed by atoms with Crippen molar-refractivity contribution in [2.45, 2.75) is 13.8 Å². The van der Waals surface area contributed by atoms with Crippen LogP contribution in [0.15, 0.2) is 42.5 Å². The summed E-state index contributed by atoms with van der Waals surface area (Å²) in [5.74, 6) is 0.545. The van der Waals surface area contributed by atoms with Gasteiger partial charge in [0.25, 0.3) is 5.91 Å². The van der Waals surface area contributed by atoms with Crippen LogP contribution in [0.25, 0.3) is 0 Å². The zero-order valence-electron chi connectivity index (χ0n) is 13.5. The first-order valence-electron chi connectivity index (χ1n) is 7.58. The van der Waals surface area contributed by atoms with Crippen molar-refractivity contribution in [1.82, 2.24) is 0 Å². The fourth-order valence-electron chi connectivity index (χ4n) is 2.09. The van der Waals surface area contributed by atoms with E-state index in [9.17, 15) is 4.79 Å². The second kappa shape index (κ2) is 8.19. The number of aryl methyl sites for hydroxylation is 1. The molecule has 3 N–H and O–H groups in total. The summed E-state index contributed by atoms with van der Waals surface area (Å²) in [5.41, 5.74) is 8.63. The summed E-state index contributed by atoms with van der Waals surface area (Å²) in [6.07, 6.45) is 0. The molecule has 1 amide bonds. The predicted molar refractivity (Wildman–Crippen MR) is 92.0 cm³/mol. The lowest BCUT2D eigenvalue weighted by atomic mass is 10.1. The third kappa shape index (κ3) is 5.00. The minimum absolute atomic E-state index is 0.168. The molecule has 0 aliphatic rings. The Bertz CT molecular complexity index is 654. The summed E-state index contributed by atoms with van der Waals surface area (Å²) in [6, 6.07) is 12.4. The van der Waals surface area contributed by atoms with Crippen molar-refractivity contribution in [3.63, 3.8) is 0 Å². The quantitative estimate of drug-likeness (QED) is 0.608. The number of ether oxygens (including phenoxy) is 2. The number of carbonyl (C=O) groups is 1. The largest absolute Gasteiger partial charge is 0.491 e. The van der Waals surface area contributed by atoms with E-state index in [-0.39, 0.29) is 5.91 Å². The van der Waals surface area contributed by atoms with E-state index in [4.69, 9.17) is 15.2 Å². The Morgan fingerprint density at radius 1 is 1.13 bits per heavy atom. The highest BCUT2D eigenvalue weighted by atomic mass is 16.5. The van der Waals surface area contributed by atoms with Crippen molar-refractivity contribution in [2.24, 2.45) is 0 Å². The molecule has 0 aliphatic carbocycles. The van der Waals surface area contributed by atoms with E-state index < -0.39 is 0 Å². The molecule has 0 aromatic heterocycles. The second-order valence-corrected chi connectivity index (χ2v) is 5.10. The van der Waals surface area contributed by atoms with Gasteiger partial charge in [0, 0.05) is 23.5 Å². The molecule has 122 valence electrons. The van der Waals surface area contributed by atoms with Gasteiger partial charge in [-0.25, -0.2) is 0 Å². The highest BCUT2D eigenvalue weighted by Gasteiger charge is 2.08. The average molecular weight is 314 g/mol. The molecule has 0 saturated heterocycles. The summed E-state index contributed by atoms with van der Waals surface area (Å²) in [6.45, 7) is 5.56. The molecule has 0 spiro atoms. The number of benzene rings is 2. The molecule has 0 radical (unpaired) electrons. The van der Waals surface area contributed by atoms with Crippen molar-refractivity contribution in [3.8, 4) is 5.75 Å². The number of hydrogen-bond acceptors (Lipinski definition) is 4. The zero-order chi connectivity index (χ0) is 16.7. The van der Waals surface area contributed by atoms with E-state index in [1.54, 1.807) is 36.4 Å². The van der Waals surface area contributed by atoms with Gasteiger partial charge >= 0.3 is 0 Å². The number of nitrogens with one attached hydrogen (secondary N) is 1. The molecule has 2 aromatic rings. The van der Waals surface area contributed by atoms with Crippen LogP contribution in [0.2, 0.25) is 0 Å². The number of hydrogen-bond donors (Lipinski definition) is 2. The summed E-state index contributed by atoms with van der Waals surface area (Å²) in [5, 5.41) is 2.88. The fraction of sp³-hybridized carbons (Fsp3) is 0.278. The topological polar surface area (TPSA) is 73.6 Å². The monoisotopic (exact) mass is 314 g/mol. The number of amides is 1. The molecule has 2 aromatic carbocycles. The highest BCUT2D eigenvalue weighted by Crippen LogP contribution is 2.19. The molecule has 5 nitrogen and oxygen atoms in total. The number of carbonyl (C=O) groups excluding carboxylic acids is 1. The Kier molecular flexibility index (Phi) is 6.00. The molecule has 2 rings (SSSR count). The van der Waals surface area contributed by atoms with Gasteiger partial charge in [0.05, 0.1) is 6.61 Å². The number of anilines is 2. The lowest BCUT2D eigenvalue weighted by Crippen LogP contribution is -2.13. The molecule has 23 heavy (non-hydrogen) atoms. The SMILES string of the molecule is CCOCCOc1ccc(C(=O)Nc2ccc(N)cc2C)cc1. The Morgan fingerprint density at radius 3 is 2.52 bits per heavy atom. The van der Waals surface area contributed by atoms with Gasteiger partial charge < -0.3 is 20.5 Å². The van der Waals surface area contributed by atoms with Gasteiger partial charge in [0.2, 0.25) is 0 Å². The number of nitrogen functional groups attached to an aromatic ring is 1. The molecule has 5 heteroatoms. The normalized spacial score (nSPS) is 10.3. The molecule has 0 unspecified atom stereocenters. The predicted octanol–water partition coefficient (Wildman–Crippen LogP) is 3.24. The van der Waals surface area contributed by atoms with Gasteiger partial charge in [0.15, 0.2) is 0 Å². The Hall–Kier alpha value is -2.53. The van der Waals surface area contributed by atoms with E-state index in [1.165, 1.54) is 0 Å². The van der Waals surface area contributed by atoms with E-state index in [1.807, 2.05) is 19.9 Å². The van der Waals surface area contributed by atoms with Crippen LogP contribution in [-0.4, -0.2) is 25.7 Å². The lowest BCUT2D eigenvalue weighted by Gasteiger charge is -2.10. The molecule has 0 saturated carbocycles. The average Bonchev–Trinajstić information content (AvgIpc) is 2.55. The first kappa shape index (κ1) is 16.8. The Balaban J connectivity index is 1.94. The van der Waals surface area contributed by atoms with Crippen molar-refractivity contribution in [3.05, 3.63) is 53.6 Å². The van der Waals surface area contributed by atoms with Gasteiger partial charge in [-0.1, -0.05) is 0 Å². The van der Waals surface area contributed by atoms with Crippen molar-refractivity contribution < 1.29 is 14.3 Å². The Labute approximate surface area is 136 Å². The van der Waals surface area contributed by atoms with Crippen LogP contribution in [0, 0.1) is 6.92 Å². The maximum Gasteiger partial charge on any atom is 0.255 e. The number of nitrogens with two attached hydrogens (primary N) is 1. The summed E-state index contributed by atoms with van der Waals surface area (Å²) in [7, 11) is 0. The first-order valence-corrected chi connectivity index (χ1v) is 7.58.